The van der Waals surface area contributed by atoms with E-state index in [4.69, 9.17) is 10.5 Å². The first kappa shape index (κ1) is 16.4. The number of nitrogens with one attached hydrogen (secondary N) is 1. The van der Waals surface area contributed by atoms with Crippen LogP contribution in [0.15, 0.2) is 60.8 Å². The van der Waals surface area contributed by atoms with E-state index in [1.165, 1.54) is 0 Å². The molecule has 1 saturated heterocycles. The third-order valence-corrected chi connectivity index (χ3v) is 4.51. The van der Waals surface area contributed by atoms with Crippen LogP contribution in [-0.2, 0) is 0 Å². The van der Waals surface area contributed by atoms with Gasteiger partial charge in [-0.05, 0) is 49.4 Å². The number of primary amides is 1. The number of carbonyl (C=O) groups is 1. The average Bonchev–Trinajstić information content (AvgIpc) is 3.33. The first-order valence-corrected chi connectivity index (χ1v) is 8.64. The topological polar surface area (TPSA) is 82.2 Å². The number of nitrogens with zero attached hydrogens (tertiary/aromatic N) is 2. The summed E-state index contributed by atoms with van der Waals surface area (Å²) in [5.41, 5.74) is 7.45. The molecule has 3 N–H and O–H groups in total. The number of nitrogens with two attached hydrogens (primary N) is 1. The summed E-state index contributed by atoms with van der Waals surface area (Å²) in [5.74, 6) is 1.03. The summed E-state index contributed by atoms with van der Waals surface area (Å²) in [6, 6.07) is 17.4. The number of aromatic nitrogens is 2. The molecule has 0 aliphatic carbocycles. The van der Waals surface area contributed by atoms with Crippen molar-refractivity contribution < 1.29 is 9.53 Å². The summed E-state index contributed by atoms with van der Waals surface area (Å²) in [4.78, 5) is 11.9. The molecule has 1 fully saturated rings. The van der Waals surface area contributed by atoms with Crippen LogP contribution in [0.4, 0.5) is 0 Å². The molecule has 0 saturated carbocycles. The zero-order chi connectivity index (χ0) is 17.9. The number of rotatable bonds is 5. The van der Waals surface area contributed by atoms with Crippen molar-refractivity contribution in [3.8, 4) is 22.8 Å². The van der Waals surface area contributed by atoms with E-state index in [0.717, 1.165) is 36.6 Å². The summed E-state index contributed by atoms with van der Waals surface area (Å²) in [6.45, 7) is 1.81. The van der Waals surface area contributed by atoms with Crippen molar-refractivity contribution in [2.75, 3.05) is 13.1 Å². The fraction of sp³-hybridized carbons (Fsp3) is 0.200. The van der Waals surface area contributed by atoms with Crippen LogP contribution in [0.3, 0.4) is 0 Å². The molecule has 3 aromatic rings. The minimum absolute atomic E-state index is 0.252. The third kappa shape index (κ3) is 3.32. The second-order valence-electron chi connectivity index (χ2n) is 6.32. The molecule has 0 radical (unpaired) electrons. The molecule has 4 rings (SSSR count). The SMILES string of the molecule is NC(=O)c1cn(C2CCNC2)nc1-c1ccc(Oc2ccccc2)cc1. The lowest BCUT2D eigenvalue weighted by Gasteiger charge is -2.08. The molecule has 132 valence electrons. The van der Waals surface area contributed by atoms with Gasteiger partial charge in [0.2, 0.25) is 0 Å². The van der Waals surface area contributed by atoms with Crippen LogP contribution in [-0.4, -0.2) is 28.8 Å². The molecule has 2 heterocycles. The van der Waals surface area contributed by atoms with E-state index in [-0.39, 0.29) is 6.04 Å². The zero-order valence-electron chi connectivity index (χ0n) is 14.3. The summed E-state index contributed by atoms with van der Waals surface area (Å²) < 4.78 is 7.66. The van der Waals surface area contributed by atoms with E-state index in [1.807, 2.05) is 59.3 Å². The Labute approximate surface area is 151 Å². The Morgan fingerprint density at radius 2 is 1.85 bits per heavy atom. The average molecular weight is 348 g/mol. The number of para-hydroxylation sites is 1. The monoisotopic (exact) mass is 348 g/mol. The van der Waals surface area contributed by atoms with Crippen LogP contribution in [0.25, 0.3) is 11.3 Å². The Morgan fingerprint density at radius 3 is 2.50 bits per heavy atom. The van der Waals surface area contributed by atoms with Gasteiger partial charge in [-0.1, -0.05) is 18.2 Å². The highest BCUT2D eigenvalue weighted by Crippen LogP contribution is 2.28. The van der Waals surface area contributed by atoms with Gasteiger partial charge in [-0.25, -0.2) is 0 Å². The van der Waals surface area contributed by atoms with Gasteiger partial charge in [0, 0.05) is 18.3 Å². The van der Waals surface area contributed by atoms with E-state index in [0.29, 0.717) is 11.3 Å². The van der Waals surface area contributed by atoms with Gasteiger partial charge in [0.05, 0.1) is 11.6 Å². The van der Waals surface area contributed by atoms with Gasteiger partial charge < -0.3 is 15.8 Å². The predicted octanol–water partition coefficient (Wildman–Crippen LogP) is 2.98. The van der Waals surface area contributed by atoms with E-state index in [1.54, 1.807) is 6.20 Å². The van der Waals surface area contributed by atoms with Gasteiger partial charge in [0.15, 0.2) is 0 Å². The molecule has 1 unspecified atom stereocenters. The van der Waals surface area contributed by atoms with Gasteiger partial charge in [-0.2, -0.15) is 5.10 Å². The van der Waals surface area contributed by atoms with Crippen LogP contribution in [0.2, 0.25) is 0 Å². The maximum absolute atomic E-state index is 11.9. The molecule has 26 heavy (non-hydrogen) atoms. The van der Waals surface area contributed by atoms with E-state index >= 15 is 0 Å². The summed E-state index contributed by atoms with van der Waals surface area (Å²) in [7, 11) is 0. The van der Waals surface area contributed by atoms with Crippen molar-refractivity contribution in [2.24, 2.45) is 5.73 Å². The number of ether oxygens (including phenoxy) is 1. The number of benzene rings is 2. The Kier molecular flexibility index (Phi) is 4.41. The summed E-state index contributed by atoms with van der Waals surface area (Å²) >= 11 is 0. The van der Waals surface area contributed by atoms with Gasteiger partial charge >= 0.3 is 0 Å². The predicted molar refractivity (Wildman–Crippen MR) is 99.2 cm³/mol. The molecule has 1 atom stereocenters. The number of hydrogen-bond donors (Lipinski definition) is 2. The summed E-state index contributed by atoms with van der Waals surface area (Å²) in [6.07, 6.45) is 2.74. The van der Waals surface area contributed by atoms with Crippen LogP contribution >= 0.6 is 0 Å². The lowest BCUT2D eigenvalue weighted by Crippen LogP contribution is -2.14. The fourth-order valence-electron chi connectivity index (χ4n) is 3.14. The molecule has 6 nitrogen and oxygen atoms in total. The van der Waals surface area contributed by atoms with Crippen molar-refractivity contribution in [3.63, 3.8) is 0 Å². The molecule has 1 aliphatic heterocycles. The van der Waals surface area contributed by atoms with Crippen LogP contribution < -0.4 is 15.8 Å². The Morgan fingerprint density at radius 1 is 1.12 bits per heavy atom. The number of hydrogen-bond acceptors (Lipinski definition) is 4. The minimum atomic E-state index is -0.471. The maximum atomic E-state index is 11.9. The third-order valence-electron chi connectivity index (χ3n) is 4.51. The number of amides is 1. The second-order valence-corrected chi connectivity index (χ2v) is 6.32. The van der Waals surface area contributed by atoms with Crippen molar-refractivity contribution in [2.45, 2.75) is 12.5 Å². The highest BCUT2D eigenvalue weighted by molar-refractivity contribution is 5.98. The van der Waals surface area contributed by atoms with Crippen molar-refractivity contribution in [1.82, 2.24) is 15.1 Å². The normalized spacial score (nSPS) is 16.5. The number of carbonyl (C=O) groups excluding carboxylic acids is 1. The Balaban J connectivity index is 1.61. The highest BCUT2D eigenvalue weighted by Gasteiger charge is 2.22. The maximum Gasteiger partial charge on any atom is 0.252 e. The second kappa shape index (κ2) is 7.01. The molecule has 1 aliphatic rings. The Bertz CT molecular complexity index is 897. The fourth-order valence-corrected chi connectivity index (χ4v) is 3.14. The van der Waals surface area contributed by atoms with Crippen molar-refractivity contribution >= 4 is 5.91 Å². The zero-order valence-corrected chi connectivity index (χ0v) is 14.3. The van der Waals surface area contributed by atoms with Crippen LogP contribution in [0.1, 0.15) is 22.8 Å². The smallest absolute Gasteiger partial charge is 0.252 e. The van der Waals surface area contributed by atoms with Crippen molar-refractivity contribution in [1.29, 1.82) is 0 Å². The van der Waals surface area contributed by atoms with Crippen LogP contribution in [0, 0.1) is 0 Å². The first-order chi connectivity index (χ1) is 12.7. The van der Waals surface area contributed by atoms with E-state index < -0.39 is 5.91 Å². The summed E-state index contributed by atoms with van der Waals surface area (Å²) in [5, 5.41) is 7.94. The molecular formula is C20H20N4O2. The van der Waals surface area contributed by atoms with Gasteiger partial charge in [-0.3, -0.25) is 9.48 Å². The molecule has 2 aromatic carbocycles. The largest absolute Gasteiger partial charge is 0.457 e. The lowest BCUT2D eigenvalue weighted by atomic mass is 10.1. The molecule has 0 spiro atoms. The van der Waals surface area contributed by atoms with Gasteiger partial charge in [0.25, 0.3) is 5.91 Å². The van der Waals surface area contributed by atoms with Crippen molar-refractivity contribution in [3.05, 3.63) is 66.4 Å². The lowest BCUT2D eigenvalue weighted by molar-refractivity contribution is 0.100. The molecular weight excluding hydrogens is 328 g/mol. The molecule has 0 bridgehead atoms. The minimum Gasteiger partial charge on any atom is -0.457 e. The molecule has 1 aromatic heterocycles. The van der Waals surface area contributed by atoms with E-state index in [2.05, 4.69) is 10.4 Å². The molecule has 6 heteroatoms. The first-order valence-electron chi connectivity index (χ1n) is 8.64. The van der Waals surface area contributed by atoms with E-state index in [9.17, 15) is 4.79 Å². The van der Waals surface area contributed by atoms with Gasteiger partial charge in [-0.15, -0.1) is 0 Å². The quantitative estimate of drug-likeness (QED) is 0.743. The Hall–Kier alpha value is -3.12. The standard InChI is InChI=1S/C20H20N4O2/c21-20(25)18-13-24(15-10-11-22-12-15)23-19(18)14-6-8-17(9-7-14)26-16-4-2-1-3-5-16/h1-9,13,15,22H,10-12H2,(H2,21,25). The van der Waals surface area contributed by atoms with Crippen LogP contribution in [0.5, 0.6) is 11.5 Å². The molecule has 1 amide bonds. The van der Waals surface area contributed by atoms with Gasteiger partial charge in [0.1, 0.15) is 17.2 Å². The highest BCUT2D eigenvalue weighted by atomic mass is 16.5.